The van der Waals surface area contributed by atoms with Crippen LogP contribution in [0.25, 0.3) is 0 Å². The number of allylic oxidation sites excluding steroid dienone is 1. The molecule has 0 rings (SSSR count). The highest BCUT2D eigenvalue weighted by molar-refractivity contribution is 5.91. The molecule has 0 fully saturated rings. The Morgan fingerprint density at radius 3 is 1.36 bits per heavy atom. The first-order valence-corrected chi connectivity index (χ1v) is 3.57. The van der Waals surface area contributed by atoms with Gasteiger partial charge in [-0.3, -0.25) is 4.79 Å². The summed E-state index contributed by atoms with van der Waals surface area (Å²) >= 11 is 0. The summed E-state index contributed by atoms with van der Waals surface area (Å²) in [5, 5.41) is 0. The highest BCUT2D eigenvalue weighted by Crippen LogP contribution is 1.84. The van der Waals surface area contributed by atoms with Gasteiger partial charge in [-0.05, 0) is 26.3 Å². The molecule has 0 radical (unpaired) electrons. The summed E-state index contributed by atoms with van der Waals surface area (Å²) < 4.78 is 0. The fraction of sp³-hybridized carbons (Fsp3) is 0.556. The summed E-state index contributed by atoms with van der Waals surface area (Å²) in [5.41, 5.74) is 0.620. The van der Waals surface area contributed by atoms with E-state index in [-0.39, 0.29) is 11.6 Å². The van der Waals surface area contributed by atoms with Gasteiger partial charge in [0.1, 0.15) is 5.78 Å². The average Bonchev–Trinajstić information content (AvgIpc) is 1.89. The summed E-state index contributed by atoms with van der Waals surface area (Å²) in [7, 11) is 0. The second-order valence-corrected chi connectivity index (χ2v) is 2.39. The predicted molar refractivity (Wildman–Crippen MR) is 46.5 cm³/mol. The van der Waals surface area contributed by atoms with Crippen LogP contribution in [-0.4, -0.2) is 11.6 Å². The van der Waals surface area contributed by atoms with Crippen molar-refractivity contribution in [1.29, 1.82) is 0 Å². The van der Waals surface area contributed by atoms with Crippen LogP contribution in [0.15, 0.2) is 12.2 Å². The summed E-state index contributed by atoms with van der Waals surface area (Å²) in [6.07, 6.45) is 0.667. The van der Waals surface area contributed by atoms with Crippen molar-refractivity contribution in [2.45, 2.75) is 34.1 Å². The maximum absolute atomic E-state index is 10.0. The van der Waals surface area contributed by atoms with Crippen molar-refractivity contribution in [2.75, 3.05) is 0 Å². The van der Waals surface area contributed by atoms with Crippen LogP contribution in [0, 0.1) is 0 Å². The number of hydrogen-bond acceptors (Lipinski definition) is 2. The van der Waals surface area contributed by atoms with Crippen LogP contribution in [-0.2, 0) is 9.59 Å². The van der Waals surface area contributed by atoms with E-state index >= 15 is 0 Å². The maximum Gasteiger partial charge on any atom is 0.154 e. The van der Waals surface area contributed by atoms with Crippen molar-refractivity contribution < 1.29 is 9.59 Å². The lowest BCUT2D eigenvalue weighted by Gasteiger charge is -1.80. The first-order chi connectivity index (χ1) is 4.91. The molecule has 0 saturated heterocycles. The molecule has 2 heteroatoms. The summed E-state index contributed by atoms with van der Waals surface area (Å²) in [6, 6.07) is 0. The van der Waals surface area contributed by atoms with E-state index < -0.39 is 0 Å². The molecule has 64 valence electrons. The van der Waals surface area contributed by atoms with Crippen molar-refractivity contribution in [3.63, 3.8) is 0 Å². The molecule has 0 N–H and O–H groups in total. The minimum absolute atomic E-state index is 0.0648. The van der Waals surface area contributed by atoms with Gasteiger partial charge in [-0.15, -0.1) is 0 Å². The third-order valence-corrected chi connectivity index (χ3v) is 1.10. The Hall–Kier alpha value is -0.920. The van der Waals surface area contributed by atoms with Crippen LogP contribution < -0.4 is 0 Å². The van der Waals surface area contributed by atoms with Crippen molar-refractivity contribution in [3.8, 4) is 0 Å². The van der Waals surface area contributed by atoms with Gasteiger partial charge < -0.3 is 4.79 Å². The topological polar surface area (TPSA) is 34.1 Å². The molecular weight excluding hydrogens is 140 g/mol. The Bertz CT molecular complexity index is 145. The molecule has 0 aliphatic heterocycles. The van der Waals surface area contributed by atoms with E-state index in [2.05, 4.69) is 6.58 Å². The maximum atomic E-state index is 10.0. The van der Waals surface area contributed by atoms with Crippen LogP contribution in [0.2, 0.25) is 0 Å². The zero-order valence-corrected chi connectivity index (χ0v) is 7.73. The molecule has 0 aromatic heterocycles. The van der Waals surface area contributed by atoms with Gasteiger partial charge in [0.2, 0.25) is 0 Å². The van der Waals surface area contributed by atoms with Gasteiger partial charge in [-0.25, -0.2) is 0 Å². The van der Waals surface area contributed by atoms with E-state index in [1.54, 1.807) is 13.8 Å². The molecule has 0 heterocycles. The molecule has 0 spiro atoms. The van der Waals surface area contributed by atoms with Gasteiger partial charge in [0.05, 0.1) is 0 Å². The van der Waals surface area contributed by atoms with Gasteiger partial charge in [0.15, 0.2) is 5.78 Å². The Labute approximate surface area is 68.3 Å². The van der Waals surface area contributed by atoms with Gasteiger partial charge in [-0.2, -0.15) is 0 Å². The molecule has 0 amide bonds. The quantitative estimate of drug-likeness (QED) is 0.574. The molecule has 0 aliphatic rings. The molecule has 0 aromatic rings. The summed E-state index contributed by atoms with van der Waals surface area (Å²) in [5.74, 6) is 0.319. The lowest BCUT2D eigenvalue weighted by Crippen LogP contribution is -1.86. The first-order valence-electron chi connectivity index (χ1n) is 3.57. The van der Waals surface area contributed by atoms with Crippen LogP contribution in [0.1, 0.15) is 34.1 Å². The molecule has 0 atom stereocenters. The number of ketones is 2. The fourth-order valence-corrected chi connectivity index (χ4v) is 0. The fourth-order valence-electron chi connectivity index (χ4n) is 0. The van der Waals surface area contributed by atoms with E-state index in [0.29, 0.717) is 12.0 Å². The van der Waals surface area contributed by atoms with Crippen molar-refractivity contribution in [2.24, 2.45) is 0 Å². The molecule has 0 unspecified atom stereocenters. The number of carbonyl (C=O) groups excluding carboxylic acids is 2. The second-order valence-electron chi connectivity index (χ2n) is 2.39. The monoisotopic (exact) mass is 156 g/mol. The molecule has 0 aromatic carbocycles. The van der Waals surface area contributed by atoms with Crippen LogP contribution >= 0.6 is 0 Å². The number of Topliss-reactive ketones (excluding diaryl/α,β-unsaturated/α-hetero) is 2. The first kappa shape index (κ1) is 12.7. The normalized spacial score (nSPS) is 7.64. The number of rotatable bonds is 2. The van der Waals surface area contributed by atoms with Gasteiger partial charge in [0.25, 0.3) is 0 Å². The van der Waals surface area contributed by atoms with E-state index in [4.69, 9.17) is 0 Å². The average molecular weight is 156 g/mol. The minimum atomic E-state index is 0.0648. The highest BCUT2D eigenvalue weighted by atomic mass is 16.1. The van der Waals surface area contributed by atoms with E-state index in [1.165, 1.54) is 6.92 Å². The van der Waals surface area contributed by atoms with Gasteiger partial charge >= 0.3 is 0 Å². The van der Waals surface area contributed by atoms with Crippen molar-refractivity contribution in [3.05, 3.63) is 12.2 Å². The van der Waals surface area contributed by atoms with Crippen molar-refractivity contribution in [1.82, 2.24) is 0 Å². The largest absolute Gasteiger partial charge is 0.300 e. The lowest BCUT2D eigenvalue weighted by molar-refractivity contribution is -0.116. The Morgan fingerprint density at radius 2 is 1.36 bits per heavy atom. The van der Waals surface area contributed by atoms with Crippen LogP contribution in [0.3, 0.4) is 0 Å². The molecule has 0 aliphatic carbocycles. The third-order valence-electron chi connectivity index (χ3n) is 1.10. The lowest BCUT2D eigenvalue weighted by atomic mass is 10.3. The number of carbonyl (C=O) groups is 2. The van der Waals surface area contributed by atoms with E-state index in [1.807, 2.05) is 6.92 Å². The predicted octanol–water partition coefficient (Wildman–Crippen LogP) is 2.14. The third kappa shape index (κ3) is 17.6. The van der Waals surface area contributed by atoms with E-state index in [0.717, 1.165) is 0 Å². The Kier molecular flexibility index (Phi) is 8.32. The summed E-state index contributed by atoms with van der Waals surface area (Å²) in [6.45, 7) is 10.0. The zero-order valence-electron chi connectivity index (χ0n) is 7.73. The van der Waals surface area contributed by atoms with Crippen LogP contribution in [0.5, 0.6) is 0 Å². The molecular formula is C9H16O2. The van der Waals surface area contributed by atoms with E-state index in [9.17, 15) is 9.59 Å². The van der Waals surface area contributed by atoms with Gasteiger partial charge in [-0.1, -0.05) is 13.5 Å². The Balaban J connectivity index is 0. The summed E-state index contributed by atoms with van der Waals surface area (Å²) in [4.78, 5) is 19.9. The van der Waals surface area contributed by atoms with Gasteiger partial charge in [0, 0.05) is 6.42 Å². The minimum Gasteiger partial charge on any atom is -0.300 e. The molecule has 2 nitrogen and oxygen atoms in total. The Morgan fingerprint density at radius 1 is 1.18 bits per heavy atom. The van der Waals surface area contributed by atoms with Crippen molar-refractivity contribution >= 4 is 11.6 Å². The molecule has 0 bridgehead atoms. The van der Waals surface area contributed by atoms with Crippen LogP contribution in [0.4, 0.5) is 0 Å². The second kappa shape index (κ2) is 7.19. The standard InChI is InChI=1S/C5H8O.C4H8O/c1-4(2)5(3)6;1-3-4(2)5/h1H2,2-3H3;3H2,1-2H3. The SMILES string of the molecule is C=C(C)C(C)=O.CCC(C)=O. The highest BCUT2D eigenvalue weighted by Gasteiger charge is 1.85. The zero-order chi connectivity index (χ0) is 9.44. The molecule has 0 saturated carbocycles. The number of hydrogen-bond donors (Lipinski definition) is 0. The molecule has 11 heavy (non-hydrogen) atoms. The smallest absolute Gasteiger partial charge is 0.154 e.